The molecule has 3 unspecified atom stereocenters. The van der Waals surface area contributed by atoms with Crippen molar-refractivity contribution in [2.45, 2.75) is 44.9 Å². The second-order valence-electron chi connectivity index (χ2n) is 6.44. The molecule has 0 aromatic heterocycles. The van der Waals surface area contributed by atoms with Crippen LogP contribution in [0.15, 0.2) is 0 Å². The van der Waals surface area contributed by atoms with Crippen LogP contribution in [0.1, 0.15) is 26.7 Å². The Hall–Kier alpha value is -2.00. The Morgan fingerprint density at radius 1 is 1.21 bits per heavy atom. The van der Waals surface area contributed by atoms with Crippen LogP contribution in [-0.2, 0) is 28.7 Å². The number of hydrogen-bond acceptors (Lipinski definition) is 8. The monoisotopic (exact) mass is 344 g/mol. The van der Waals surface area contributed by atoms with Gasteiger partial charge < -0.3 is 19.4 Å². The number of ether oxygens (including phenoxy) is 2. The van der Waals surface area contributed by atoms with Gasteiger partial charge >= 0.3 is 17.8 Å². The number of likely N-dealkylation sites (N-methyl/N-ethyl adjacent to an activating group) is 1. The average Bonchev–Trinajstić information content (AvgIpc) is 2.82. The lowest BCUT2D eigenvalue weighted by atomic mass is 10.1. The topological polar surface area (TPSA) is 122 Å². The fourth-order valence-corrected chi connectivity index (χ4v) is 2.80. The normalized spacial score (nSPS) is 21.8. The lowest BCUT2D eigenvalue weighted by molar-refractivity contribution is -0.818. The molecule has 9 nitrogen and oxygen atoms in total. The number of carboxylic acids is 1. The molecule has 1 heterocycles. The first-order valence-electron chi connectivity index (χ1n) is 7.66. The SMILES string of the molecule is CC(=O)OC1CNC(C(=O)[N+](C)(C)CC(CC(=O)[O-])OC(C)=O)C1. The molecule has 0 radical (unpaired) electrons. The van der Waals surface area contributed by atoms with Crippen LogP contribution in [0.4, 0.5) is 0 Å². The van der Waals surface area contributed by atoms with Gasteiger partial charge in [-0.1, -0.05) is 0 Å². The van der Waals surface area contributed by atoms with Crippen molar-refractivity contribution >= 4 is 23.8 Å². The van der Waals surface area contributed by atoms with Gasteiger partial charge in [0.25, 0.3) is 0 Å². The number of carboxylic acid groups (broad SMARTS) is 1. The maximum Gasteiger partial charge on any atom is 0.330 e. The zero-order chi connectivity index (χ0) is 18.5. The molecule has 1 fully saturated rings. The largest absolute Gasteiger partial charge is 0.550 e. The van der Waals surface area contributed by atoms with Crippen molar-refractivity contribution in [1.29, 1.82) is 0 Å². The highest BCUT2D eigenvalue weighted by Crippen LogP contribution is 2.17. The van der Waals surface area contributed by atoms with Crippen LogP contribution in [0.25, 0.3) is 0 Å². The van der Waals surface area contributed by atoms with Gasteiger partial charge in [-0.2, -0.15) is 0 Å². The second kappa shape index (κ2) is 8.20. The standard InChI is InChI=1S/C15H24N2O7/c1-9(18)23-11-5-13(16-7-11)15(22)17(3,4)8-12(6-14(20)21)24-10(2)19/h11-13,16H,5-8H2,1-4H3. The molecule has 24 heavy (non-hydrogen) atoms. The molecule has 0 bridgehead atoms. The molecule has 0 aliphatic carbocycles. The quantitative estimate of drug-likeness (QED) is 0.414. The Bertz CT molecular complexity index is 502. The van der Waals surface area contributed by atoms with E-state index in [1.165, 1.54) is 13.8 Å². The zero-order valence-electron chi connectivity index (χ0n) is 14.4. The first-order valence-corrected chi connectivity index (χ1v) is 7.66. The van der Waals surface area contributed by atoms with Gasteiger partial charge in [-0.25, -0.2) is 4.79 Å². The molecular weight excluding hydrogens is 320 g/mol. The number of rotatable bonds is 7. The van der Waals surface area contributed by atoms with Crippen LogP contribution in [0.3, 0.4) is 0 Å². The Morgan fingerprint density at radius 3 is 2.33 bits per heavy atom. The average molecular weight is 344 g/mol. The van der Waals surface area contributed by atoms with E-state index in [9.17, 15) is 24.3 Å². The van der Waals surface area contributed by atoms with Gasteiger partial charge in [0.05, 0.1) is 14.1 Å². The smallest absolute Gasteiger partial charge is 0.330 e. The van der Waals surface area contributed by atoms with Crippen LogP contribution >= 0.6 is 0 Å². The summed E-state index contributed by atoms with van der Waals surface area (Å²) in [4.78, 5) is 45.5. The van der Waals surface area contributed by atoms with Crippen LogP contribution < -0.4 is 10.4 Å². The number of carbonyl (C=O) groups excluding carboxylic acids is 4. The van der Waals surface area contributed by atoms with Gasteiger partial charge in [-0.05, 0) is 0 Å². The highest BCUT2D eigenvalue weighted by Gasteiger charge is 2.41. The maximum atomic E-state index is 12.7. The summed E-state index contributed by atoms with van der Waals surface area (Å²) in [6, 6.07) is -0.523. The van der Waals surface area contributed by atoms with E-state index in [1.807, 2.05) is 0 Å². The van der Waals surface area contributed by atoms with Gasteiger partial charge in [-0.15, -0.1) is 0 Å². The summed E-state index contributed by atoms with van der Waals surface area (Å²) >= 11 is 0. The maximum absolute atomic E-state index is 12.7. The minimum atomic E-state index is -1.36. The summed E-state index contributed by atoms with van der Waals surface area (Å²) in [5.74, 6) is -2.60. The van der Waals surface area contributed by atoms with Crippen molar-refractivity contribution in [2.24, 2.45) is 0 Å². The zero-order valence-corrected chi connectivity index (χ0v) is 14.4. The Balaban J connectivity index is 2.71. The van der Waals surface area contributed by atoms with Gasteiger partial charge in [0.1, 0.15) is 18.7 Å². The van der Waals surface area contributed by atoms with E-state index in [4.69, 9.17) is 9.47 Å². The summed E-state index contributed by atoms with van der Waals surface area (Å²) in [6.07, 6.45) is -1.47. The van der Waals surface area contributed by atoms with Gasteiger partial charge in [0.2, 0.25) is 0 Å². The molecule has 136 valence electrons. The predicted octanol–water partition coefficient (Wildman–Crippen LogP) is -2.05. The highest BCUT2D eigenvalue weighted by molar-refractivity contribution is 5.76. The third kappa shape index (κ3) is 6.25. The Labute approximate surface area is 140 Å². The van der Waals surface area contributed by atoms with E-state index in [0.717, 1.165) is 0 Å². The van der Waals surface area contributed by atoms with E-state index in [1.54, 1.807) is 14.1 Å². The molecule has 0 aromatic rings. The lowest BCUT2D eigenvalue weighted by Crippen LogP contribution is -2.57. The highest BCUT2D eigenvalue weighted by atomic mass is 16.5. The van der Waals surface area contributed by atoms with Gasteiger partial charge in [0, 0.05) is 39.2 Å². The van der Waals surface area contributed by atoms with E-state index in [-0.39, 0.29) is 23.0 Å². The molecule has 1 rings (SSSR count). The molecule has 3 atom stereocenters. The molecule has 0 saturated carbocycles. The molecule has 0 spiro atoms. The van der Waals surface area contributed by atoms with Crippen molar-refractivity contribution in [3.63, 3.8) is 0 Å². The Morgan fingerprint density at radius 2 is 1.83 bits per heavy atom. The lowest BCUT2D eigenvalue weighted by Gasteiger charge is -2.32. The van der Waals surface area contributed by atoms with Crippen molar-refractivity contribution in [1.82, 2.24) is 5.32 Å². The molecule has 1 saturated heterocycles. The van der Waals surface area contributed by atoms with E-state index < -0.39 is 36.5 Å². The van der Waals surface area contributed by atoms with Crippen molar-refractivity contribution in [3.05, 3.63) is 0 Å². The predicted molar refractivity (Wildman–Crippen MR) is 79.1 cm³/mol. The van der Waals surface area contributed by atoms with Crippen molar-refractivity contribution in [3.8, 4) is 0 Å². The first kappa shape index (κ1) is 20.0. The number of aliphatic carboxylic acids is 1. The minimum absolute atomic E-state index is 0.00278. The van der Waals surface area contributed by atoms with Crippen LogP contribution in [0.5, 0.6) is 0 Å². The van der Waals surface area contributed by atoms with Crippen LogP contribution in [0.2, 0.25) is 0 Å². The number of carbonyl (C=O) groups is 4. The van der Waals surface area contributed by atoms with Crippen molar-refractivity contribution < 1.29 is 38.2 Å². The molecule has 1 amide bonds. The third-order valence-corrected chi connectivity index (χ3v) is 3.70. The van der Waals surface area contributed by atoms with Crippen molar-refractivity contribution in [2.75, 3.05) is 27.2 Å². The fraction of sp³-hybridized carbons (Fsp3) is 0.733. The second-order valence-corrected chi connectivity index (χ2v) is 6.44. The Kier molecular flexibility index (Phi) is 6.85. The fourth-order valence-electron chi connectivity index (χ4n) is 2.80. The summed E-state index contributed by atoms with van der Waals surface area (Å²) in [7, 11) is 3.21. The van der Waals surface area contributed by atoms with Crippen LogP contribution in [0, 0.1) is 0 Å². The molecule has 1 N–H and O–H groups in total. The number of nitrogens with zero attached hydrogens (tertiary/aromatic N) is 1. The summed E-state index contributed by atoms with van der Waals surface area (Å²) in [6.45, 7) is 2.86. The molecule has 9 heteroatoms. The molecule has 1 aliphatic heterocycles. The number of nitrogens with one attached hydrogen (secondary N) is 1. The number of hydrogen-bond donors (Lipinski definition) is 1. The van der Waals surface area contributed by atoms with E-state index >= 15 is 0 Å². The minimum Gasteiger partial charge on any atom is -0.550 e. The number of esters is 2. The first-order chi connectivity index (χ1) is 11.0. The van der Waals surface area contributed by atoms with Crippen LogP contribution in [-0.4, -0.2) is 73.7 Å². The summed E-state index contributed by atoms with van der Waals surface area (Å²) < 4.78 is 9.86. The molecular formula is C15H24N2O7. The van der Waals surface area contributed by atoms with E-state index in [0.29, 0.717) is 13.0 Å². The van der Waals surface area contributed by atoms with Gasteiger partial charge in [0.15, 0.2) is 6.10 Å². The van der Waals surface area contributed by atoms with E-state index in [2.05, 4.69) is 5.32 Å². The summed E-state index contributed by atoms with van der Waals surface area (Å²) in [5.41, 5.74) is 0. The molecule has 0 aromatic carbocycles. The third-order valence-electron chi connectivity index (χ3n) is 3.70. The molecule has 1 aliphatic rings. The van der Waals surface area contributed by atoms with Gasteiger partial charge in [-0.3, -0.25) is 19.4 Å². The summed E-state index contributed by atoms with van der Waals surface area (Å²) in [5, 5.41) is 13.8. The number of quaternary nitrogens is 1. The number of amides is 1.